The molecule has 0 amide bonds. The maximum atomic E-state index is 12.8. The minimum Gasteiger partial charge on any atom is -0.756 e. The van der Waals surface area contributed by atoms with E-state index in [1.54, 1.807) is 0 Å². The van der Waals surface area contributed by atoms with Gasteiger partial charge in [-0.3, -0.25) is 14.2 Å². The van der Waals surface area contributed by atoms with Crippen molar-refractivity contribution >= 4 is 19.8 Å². The van der Waals surface area contributed by atoms with Crippen molar-refractivity contribution in [2.45, 2.75) is 277 Å². The summed E-state index contributed by atoms with van der Waals surface area (Å²) in [5.41, 5.74) is 0. The second-order valence-electron chi connectivity index (χ2n) is 20.0. The zero-order valence-corrected chi connectivity index (χ0v) is 43.9. The molecule has 0 radical (unpaired) electrons. The second-order valence-corrected chi connectivity index (χ2v) is 21.4. The van der Waals surface area contributed by atoms with Crippen LogP contribution in [0.3, 0.4) is 0 Å². The highest BCUT2D eigenvalue weighted by Crippen LogP contribution is 2.38. The summed E-state index contributed by atoms with van der Waals surface area (Å²) in [5.74, 6) is -0.817. The maximum absolute atomic E-state index is 12.8. The molecule has 10 heteroatoms. The van der Waals surface area contributed by atoms with Gasteiger partial charge < -0.3 is 27.9 Å². The smallest absolute Gasteiger partial charge is 0.306 e. The van der Waals surface area contributed by atoms with Gasteiger partial charge in [-0.05, 0) is 38.5 Å². The number of phosphoric acid groups is 1. The Morgan fingerprint density at radius 1 is 0.469 bits per heavy atom. The summed E-state index contributed by atoms with van der Waals surface area (Å²) < 4.78 is 34.1. The van der Waals surface area contributed by atoms with E-state index in [-0.39, 0.29) is 32.0 Å². The first kappa shape index (κ1) is 62.8. The standard InChI is InChI=1S/C54H106NO8P/c1-6-8-10-12-14-16-18-20-22-24-26-27-29-30-32-34-36-38-40-42-44-46-53(56)60-50-52(51-62-64(58,59)61-49-48-55(3,4)5)63-54(57)47-45-43-41-39-37-35-33-31-28-25-23-21-19-17-15-13-11-9-7-2/h20,22,52H,6-19,21,23-51H2,1-5H3/b22-20+/t52-/m1/s1. The van der Waals surface area contributed by atoms with Gasteiger partial charge >= 0.3 is 11.9 Å². The Kier molecular flexibility index (Phi) is 45.9. The third kappa shape index (κ3) is 50.2. The number of hydrogen-bond donors (Lipinski definition) is 0. The molecule has 380 valence electrons. The van der Waals surface area contributed by atoms with Crippen LogP contribution in [0.4, 0.5) is 0 Å². The van der Waals surface area contributed by atoms with Crippen LogP contribution in [0.5, 0.6) is 0 Å². The molecule has 2 atom stereocenters. The number of esters is 2. The Bertz CT molecular complexity index is 1100. The number of ether oxygens (including phenoxy) is 2. The fourth-order valence-corrected chi connectivity index (χ4v) is 8.73. The second kappa shape index (κ2) is 46.8. The number of carbonyl (C=O) groups is 2. The topological polar surface area (TPSA) is 111 Å². The number of likely N-dealkylation sites (N-methyl/N-ethyl adjacent to an activating group) is 1. The number of allylic oxidation sites excluding steroid dienone is 2. The summed E-state index contributed by atoms with van der Waals surface area (Å²) in [6.45, 7) is 4.29. The molecule has 0 aromatic heterocycles. The largest absolute Gasteiger partial charge is 0.756 e. The van der Waals surface area contributed by atoms with Crippen LogP contribution in [0.2, 0.25) is 0 Å². The summed E-state index contributed by atoms with van der Waals surface area (Å²) >= 11 is 0. The quantitative estimate of drug-likeness (QED) is 0.0195. The lowest BCUT2D eigenvalue weighted by molar-refractivity contribution is -0.870. The lowest BCUT2D eigenvalue weighted by atomic mass is 10.0. The van der Waals surface area contributed by atoms with Gasteiger partial charge in [0.1, 0.15) is 19.8 Å². The van der Waals surface area contributed by atoms with E-state index in [1.165, 1.54) is 205 Å². The highest BCUT2D eigenvalue weighted by molar-refractivity contribution is 7.45. The van der Waals surface area contributed by atoms with Crippen molar-refractivity contribution in [1.29, 1.82) is 0 Å². The first-order valence-electron chi connectivity index (χ1n) is 27.4. The van der Waals surface area contributed by atoms with Gasteiger partial charge in [0.15, 0.2) is 6.10 Å². The minimum atomic E-state index is -4.63. The van der Waals surface area contributed by atoms with Gasteiger partial charge in [-0.25, -0.2) is 0 Å². The van der Waals surface area contributed by atoms with E-state index >= 15 is 0 Å². The first-order valence-corrected chi connectivity index (χ1v) is 28.9. The fourth-order valence-electron chi connectivity index (χ4n) is 8.01. The number of quaternary nitrogens is 1. The van der Waals surface area contributed by atoms with Gasteiger partial charge in [-0.15, -0.1) is 0 Å². The lowest BCUT2D eigenvalue weighted by Gasteiger charge is -2.28. The van der Waals surface area contributed by atoms with Crippen LogP contribution in [-0.2, 0) is 32.7 Å². The summed E-state index contributed by atoms with van der Waals surface area (Å²) in [4.78, 5) is 37.8. The molecule has 0 bridgehead atoms. The molecular weight excluding hydrogens is 822 g/mol. The molecule has 9 nitrogen and oxygen atoms in total. The van der Waals surface area contributed by atoms with E-state index in [9.17, 15) is 19.0 Å². The first-order chi connectivity index (χ1) is 31.0. The van der Waals surface area contributed by atoms with Crippen molar-refractivity contribution in [2.24, 2.45) is 0 Å². The predicted octanol–water partition coefficient (Wildman–Crippen LogP) is 15.8. The maximum Gasteiger partial charge on any atom is 0.306 e. The monoisotopic (exact) mass is 928 g/mol. The van der Waals surface area contributed by atoms with Gasteiger partial charge in [0.2, 0.25) is 0 Å². The SMILES string of the molecule is CCCCCCCC/C=C/CCCCCCCCCCCCCC(=O)OC[C@H](COP(=O)([O-])OCC[N+](C)(C)C)OC(=O)CCCCCCCCCCCCCCCCCCCCC. The molecular formula is C54H106NO8P. The average molecular weight is 928 g/mol. The fraction of sp³-hybridized carbons (Fsp3) is 0.926. The number of phosphoric ester groups is 1. The van der Waals surface area contributed by atoms with E-state index in [2.05, 4.69) is 26.0 Å². The van der Waals surface area contributed by atoms with Gasteiger partial charge in [0.05, 0.1) is 27.7 Å². The molecule has 0 aromatic carbocycles. The highest BCUT2D eigenvalue weighted by atomic mass is 31.2. The van der Waals surface area contributed by atoms with E-state index in [0.29, 0.717) is 17.4 Å². The molecule has 64 heavy (non-hydrogen) atoms. The number of hydrogen-bond acceptors (Lipinski definition) is 8. The summed E-state index contributed by atoms with van der Waals surface area (Å²) in [6, 6.07) is 0. The summed E-state index contributed by atoms with van der Waals surface area (Å²) in [6.07, 6.45) is 52.4. The van der Waals surface area contributed by atoms with Crippen LogP contribution < -0.4 is 4.89 Å². The Labute approximate surface area is 396 Å². The molecule has 0 spiro atoms. The number of nitrogens with zero attached hydrogens (tertiary/aromatic N) is 1. The predicted molar refractivity (Wildman–Crippen MR) is 268 cm³/mol. The van der Waals surface area contributed by atoms with Gasteiger partial charge in [-0.1, -0.05) is 231 Å². The van der Waals surface area contributed by atoms with Crippen molar-refractivity contribution in [3.8, 4) is 0 Å². The van der Waals surface area contributed by atoms with Gasteiger partial charge in [0, 0.05) is 12.8 Å². The Morgan fingerprint density at radius 2 is 0.797 bits per heavy atom. The third-order valence-corrected chi connectivity index (χ3v) is 13.2. The Morgan fingerprint density at radius 3 is 1.16 bits per heavy atom. The molecule has 0 aliphatic rings. The molecule has 0 saturated carbocycles. The highest BCUT2D eigenvalue weighted by Gasteiger charge is 2.21. The molecule has 1 unspecified atom stereocenters. The Balaban J connectivity index is 4.17. The molecule has 0 aliphatic carbocycles. The van der Waals surface area contributed by atoms with E-state index in [1.807, 2.05) is 21.1 Å². The molecule has 0 aliphatic heterocycles. The molecule has 0 saturated heterocycles. The average Bonchev–Trinajstić information content (AvgIpc) is 3.25. The van der Waals surface area contributed by atoms with Crippen molar-refractivity contribution in [3.05, 3.63) is 12.2 Å². The van der Waals surface area contributed by atoms with Crippen LogP contribution >= 0.6 is 7.82 Å². The molecule has 0 aromatic rings. The minimum absolute atomic E-state index is 0.0270. The van der Waals surface area contributed by atoms with Crippen LogP contribution in [0.15, 0.2) is 12.2 Å². The lowest BCUT2D eigenvalue weighted by Crippen LogP contribution is -2.37. The van der Waals surface area contributed by atoms with Crippen molar-refractivity contribution in [3.63, 3.8) is 0 Å². The summed E-state index contributed by atoms with van der Waals surface area (Å²) in [7, 11) is 1.18. The van der Waals surface area contributed by atoms with Crippen molar-refractivity contribution in [1.82, 2.24) is 0 Å². The number of carbonyl (C=O) groups excluding carboxylic acids is 2. The van der Waals surface area contributed by atoms with E-state index in [4.69, 9.17) is 18.5 Å². The Hall–Kier alpha value is -1.25. The van der Waals surface area contributed by atoms with Crippen LogP contribution in [0, 0.1) is 0 Å². The van der Waals surface area contributed by atoms with Crippen LogP contribution in [-0.4, -0.2) is 70.0 Å². The van der Waals surface area contributed by atoms with Gasteiger partial charge in [-0.2, -0.15) is 0 Å². The summed E-state index contributed by atoms with van der Waals surface area (Å²) in [5, 5.41) is 0. The molecule has 0 N–H and O–H groups in total. The van der Waals surface area contributed by atoms with Crippen LogP contribution in [0.25, 0.3) is 0 Å². The van der Waals surface area contributed by atoms with Gasteiger partial charge in [0.25, 0.3) is 7.82 Å². The molecule has 0 rings (SSSR count). The third-order valence-electron chi connectivity index (χ3n) is 12.3. The zero-order chi connectivity index (χ0) is 47.1. The molecule has 0 heterocycles. The normalized spacial score (nSPS) is 13.4. The molecule has 0 fully saturated rings. The van der Waals surface area contributed by atoms with E-state index < -0.39 is 26.5 Å². The number of rotatable bonds is 51. The van der Waals surface area contributed by atoms with E-state index in [0.717, 1.165) is 32.1 Å². The van der Waals surface area contributed by atoms with Crippen molar-refractivity contribution in [2.75, 3.05) is 47.5 Å². The van der Waals surface area contributed by atoms with Crippen molar-refractivity contribution < 1.29 is 42.1 Å². The van der Waals surface area contributed by atoms with Crippen LogP contribution in [0.1, 0.15) is 271 Å². The zero-order valence-electron chi connectivity index (χ0n) is 43.0. The number of unbranched alkanes of at least 4 members (excludes halogenated alkanes) is 35.